The van der Waals surface area contributed by atoms with Crippen LogP contribution in [0.15, 0.2) is 31.0 Å². The molecular weight excluding hydrogens is 379 g/mol. The van der Waals surface area contributed by atoms with Gasteiger partial charge >= 0.3 is 0 Å². The molecule has 0 bridgehead atoms. The lowest BCUT2D eigenvalue weighted by molar-refractivity contribution is 0.146. The van der Waals surface area contributed by atoms with Gasteiger partial charge < -0.3 is 5.32 Å². The standard InChI is InChI=1S/C18H21FN8S/c1-13-8-21-5-7-25(13)11-15(2-4-20)26-10-14(9-24-26)17-16-3-6-27(28-19)18(16)23-12-22-17/h3,6,9-10,12-13,15,21H,2,5,7-8,11H2,1H3/t13-,15?/m0/s1. The van der Waals surface area contributed by atoms with Crippen LogP contribution < -0.4 is 5.32 Å². The van der Waals surface area contributed by atoms with Gasteiger partial charge in [-0.3, -0.25) is 9.58 Å². The van der Waals surface area contributed by atoms with Crippen LogP contribution in [0.1, 0.15) is 19.4 Å². The molecule has 146 valence electrons. The largest absolute Gasteiger partial charge is 0.314 e. The lowest BCUT2D eigenvalue weighted by atomic mass is 10.1. The Labute approximate surface area is 166 Å². The number of aromatic nitrogens is 5. The van der Waals surface area contributed by atoms with E-state index in [0.717, 1.165) is 37.1 Å². The second-order valence-corrected chi connectivity index (χ2v) is 7.47. The number of hydrogen-bond donors (Lipinski definition) is 1. The second-order valence-electron chi connectivity index (χ2n) is 6.94. The zero-order chi connectivity index (χ0) is 19.5. The molecule has 1 saturated heterocycles. The third kappa shape index (κ3) is 3.61. The normalized spacial score (nSPS) is 19.0. The highest BCUT2D eigenvalue weighted by molar-refractivity contribution is 7.92. The molecule has 1 N–H and O–H groups in total. The van der Waals surface area contributed by atoms with Gasteiger partial charge in [-0.25, -0.2) is 13.9 Å². The Morgan fingerprint density at radius 2 is 2.36 bits per heavy atom. The van der Waals surface area contributed by atoms with Gasteiger partial charge in [-0.05, 0) is 13.0 Å². The Kier molecular flexibility index (Phi) is 5.57. The average molecular weight is 400 g/mol. The molecule has 0 saturated carbocycles. The summed E-state index contributed by atoms with van der Waals surface area (Å²) in [5.41, 5.74) is 2.05. The van der Waals surface area contributed by atoms with Crippen molar-refractivity contribution in [1.82, 2.24) is 33.9 Å². The van der Waals surface area contributed by atoms with Gasteiger partial charge in [0.15, 0.2) is 18.0 Å². The molecule has 2 atom stereocenters. The molecule has 8 nitrogen and oxygen atoms in total. The fourth-order valence-corrected chi connectivity index (χ4v) is 3.96. The number of piperazine rings is 1. The van der Waals surface area contributed by atoms with Crippen LogP contribution in [0.4, 0.5) is 3.89 Å². The van der Waals surface area contributed by atoms with Crippen molar-refractivity contribution in [2.45, 2.75) is 25.4 Å². The number of fused-ring (bicyclic) bond motifs is 1. The molecule has 0 aromatic carbocycles. The summed E-state index contributed by atoms with van der Waals surface area (Å²) in [4.78, 5) is 10.9. The number of hydrogen-bond acceptors (Lipinski definition) is 7. The molecule has 1 fully saturated rings. The van der Waals surface area contributed by atoms with E-state index in [1.165, 1.54) is 10.3 Å². The van der Waals surface area contributed by atoms with Gasteiger partial charge in [0.1, 0.15) is 6.33 Å². The van der Waals surface area contributed by atoms with Gasteiger partial charge in [0.05, 0.1) is 30.4 Å². The van der Waals surface area contributed by atoms with E-state index < -0.39 is 0 Å². The van der Waals surface area contributed by atoms with Gasteiger partial charge in [-0.2, -0.15) is 10.4 Å². The quantitative estimate of drug-likeness (QED) is 0.680. The first-order valence-electron chi connectivity index (χ1n) is 9.18. The fraction of sp³-hybridized carbons (Fsp3) is 0.444. The zero-order valence-corrected chi connectivity index (χ0v) is 16.3. The van der Waals surface area contributed by atoms with E-state index in [1.54, 1.807) is 18.5 Å². The van der Waals surface area contributed by atoms with Crippen molar-refractivity contribution in [2.24, 2.45) is 0 Å². The zero-order valence-electron chi connectivity index (χ0n) is 15.5. The lowest BCUT2D eigenvalue weighted by Gasteiger charge is -2.35. The highest BCUT2D eigenvalue weighted by Gasteiger charge is 2.23. The van der Waals surface area contributed by atoms with Gasteiger partial charge in [0.25, 0.3) is 0 Å². The topological polar surface area (TPSA) is 87.6 Å². The molecule has 0 radical (unpaired) electrons. The summed E-state index contributed by atoms with van der Waals surface area (Å²) in [6.07, 6.45) is 7.09. The smallest absolute Gasteiger partial charge is 0.171 e. The maximum absolute atomic E-state index is 13.0. The van der Waals surface area contributed by atoms with Gasteiger partial charge in [-0.15, -0.1) is 3.89 Å². The summed E-state index contributed by atoms with van der Waals surface area (Å²) in [5, 5.41) is 18.0. The minimum absolute atomic E-state index is 0.0392. The van der Waals surface area contributed by atoms with Gasteiger partial charge in [0, 0.05) is 55.6 Å². The molecular formula is C18H21FN8S. The molecule has 3 aromatic rings. The van der Waals surface area contributed by atoms with E-state index in [1.807, 2.05) is 10.9 Å². The van der Waals surface area contributed by atoms with Crippen LogP contribution in [0.5, 0.6) is 0 Å². The molecule has 0 aliphatic carbocycles. The fourth-order valence-electron chi connectivity index (χ4n) is 3.65. The van der Waals surface area contributed by atoms with Crippen LogP contribution >= 0.6 is 12.3 Å². The SMILES string of the molecule is C[C@H]1CNCCN1CC(CC#N)n1cc(-c2ncnc3c2ccn3SF)cn1. The van der Waals surface area contributed by atoms with E-state index in [-0.39, 0.29) is 18.4 Å². The van der Waals surface area contributed by atoms with Crippen LogP contribution in [0.2, 0.25) is 0 Å². The molecule has 4 heterocycles. The van der Waals surface area contributed by atoms with E-state index in [9.17, 15) is 9.15 Å². The Balaban J connectivity index is 1.62. The van der Waals surface area contributed by atoms with Crippen LogP contribution in [-0.4, -0.2) is 60.8 Å². The molecule has 1 aliphatic rings. The van der Waals surface area contributed by atoms with Crippen LogP contribution in [0.3, 0.4) is 0 Å². The minimum atomic E-state index is -0.0392. The summed E-state index contributed by atoms with van der Waals surface area (Å²) >= 11 is 0.104. The highest BCUT2D eigenvalue weighted by Crippen LogP contribution is 2.29. The van der Waals surface area contributed by atoms with Crippen molar-refractivity contribution in [3.63, 3.8) is 0 Å². The van der Waals surface area contributed by atoms with Crippen LogP contribution in [0.25, 0.3) is 22.3 Å². The molecule has 1 unspecified atom stereocenters. The summed E-state index contributed by atoms with van der Waals surface area (Å²) in [7, 11) is 0. The second kappa shape index (κ2) is 8.26. The predicted octanol–water partition coefficient (Wildman–Crippen LogP) is 2.42. The van der Waals surface area contributed by atoms with Crippen molar-refractivity contribution >= 4 is 23.4 Å². The summed E-state index contributed by atoms with van der Waals surface area (Å²) in [5.74, 6) is 0. The lowest BCUT2D eigenvalue weighted by Crippen LogP contribution is -2.51. The average Bonchev–Trinajstić information content (AvgIpc) is 3.36. The number of rotatable bonds is 6. The minimum Gasteiger partial charge on any atom is -0.314 e. The molecule has 10 heteroatoms. The van der Waals surface area contributed by atoms with E-state index >= 15 is 0 Å². The number of nitriles is 1. The van der Waals surface area contributed by atoms with Crippen molar-refractivity contribution in [1.29, 1.82) is 5.26 Å². The monoisotopic (exact) mass is 400 g/mol. The summed E-state index contributed by atoms with van der Waals surface area (Å²) in [6, 6.07) is 4.46. The molecule has 0 amide bonds. The summed E-state index contributed by atoms with van der Waals surface area (Å²) in [6.45, 7) is 5.82. The van der Waals surface area contributed by atoms with E-state index in [0.29, 0.717) is 23.8 Å². The van der Waals surface area contributed by atoms with Crippen LogP contribution in [0, 0.1) is 11.3 Å². The third-order valence-corrected chi connectivity index (χ3v) is 5.63. The van der Waals surface area contributed by atoms with Gasteiger partial charge in [0.2, 0.25) is 0 Å². The van der Waals surface area contributed by atoms with Crippen molar-refractivity contribution < 1.29 is 3.89 Å². The van der Waals surface area contributed by atoms with Crippen molar-refractivity contribution in [3.05, 3.63) is 31.0 Å². The Morgan fingerprint density at radius 1 is 1.46 bits per heavy atom. The van der Waals surface area contributed by atoms with Crippen LogP contribution in [-0.2, 0) is 0 Å². The first-order valence-corrected chi connectivity index (χ1v) is 9.86. The first-order chi connectivity index (χ1) is 13.7. The molecule has 4 rings (SSSR count). The predicted molar refractivity (Wildman–Crippen MR) is 106 cm³/mol. The molecule has 0 spiro atoms. The Morgan fingerprint density at radius 3 is 3.14 bits per heavy atom. The van der Waals surface area contributed by atoms with Gasteiger partial charge in [-0.1, -0.05) is 0 Å². The van der Waals surface area contributed by atoms with E-state index in [2.05, 4.69) is 38.3 Å². The van der Waals surface area contributed by atoms with Crippen molar-refractivity contribution in [3.8, 4) is 17.3 Å². The third-order valence-electron chi connectivity index (χ3n) is 5.18. The Hall–Kier alpha value is -2.48. The summed E-state index contributed by atoms with van der Waals surface area (Å²) < 4.78 is 16.2. The van der Waals surface area contributed by atoms with E-state index in [4.69, 9.17) is 0 Å². The Bertz CT molecular complexity index is 993. The molecule has 3 aromatic heterocycles. The molecule has 28 heavy (non-hydrogen) atoms. The number of nitrogens with one attached hydrogen (secondary N) is 1. The maximum atomic E-state index is 13.0. The first kappa shape index (κ1) is 18.9. The number of halogens is 1. The van der Waals surface area contributed by atoms with Crippen molar-refractivity contribution in [2.75, 3.05) is 26.2 Å². The molecule has 1 aliphatic heterocycles. The maximum Gasteiger partial charge on any atom is 0.171 e. The highest BCUT2D eigenvalue weighted by atomic mass is 32.2. The number of nitrogens with zero attached hydrogens (tertiary/aromatic N) is 7.